The fourth-order valence-corrected chi connectivity index (χ4v) is 1.51. The van der Waals surface area contributed by atoms with Gasteiger partial charge in [0.05, 0.1) is 11.9 Å². The summed E-state index contributed by atoms with van der Waals surface area (Å²) in [5.41, 5.74) is 1.38. The van der Waals surface area contributed by atoms with Gasteiger partial charge in [-0.3, -0.25) is 4.79 Å². The van der Waals surface area contributed by atoms with Gasteiger partial charge in [0.1, 0.15) is 5.69 Å². The fraction of sp³-hybridized carbons (Fsp3) is 0.571. The molecule has 0 aromatic carbocycles. The van der Waals surface area contributed by atoms with Crippen LogP contribution in [-0.2, 0) is 4.74 Å². The number of amides is 1. The lowest BCUT2D eigenvalue weighted by atomic mass is 10.3. The van der Waals surface area contributed by atoms with Crippen LogP contribution in [0.2, 0.25) is 0 Å². The molecule has 1 aromatic rings. The average Bonchev–Trinajstić information content (AvgIpc) is 2.45. The smallest absolute Gasteiger partial charge is 0.269 e. The van der Waals surface area contributed by atoms with Gasteiger partial charge in [-0.15, -0.1) is 0 Å². The molecule has 0 saturated heterocycles. The Morgan fingerprint density at radius 2 is 2.16 bits per heavy atom. The van der Waals surface area contributed by atoms with Crippen molar-refractivity contribution in [1.29, 1.82) is 0 Å². The molecule has 2 N–H and O–H groups in total. The van der Waals surface area contributed by atoms with Crippen molar-refractivity contribution in [2.45, 2.75) is 26.7 Å². The largest absolute Gasteiger partial charge is 0.384 e. The van der Waals surface area contributed by atoms with Crippen LogP contribution in [0.5, 0.6) is 0 Å². The third-order valence-corrected chi connectivity index (χ3v) is 2.53. The Labute approximate surface area is 114 Å². The molecule has 106 valence electrons. The molecule has 0 spiro atoms. The molecule has 1 rings (SSSR count). The van der Waals surface area contributed by atoms with Gasteiger partial charge in [-0.25, -0.2) is 4.98 Å². The minimum Gasteiger partial charge on any atom is -0.384 e. The fourth-order valence-electron chi connectivity index (χ4n) is 1.51. The number of ether oxygens (including phenoxy) is 1. The number of hydrogen-bond acceptors (Lipinski definition) is 4. The number of pyridine rings is 1. The molecule has 1 amide bonds. The molecule has 0 saturated carbocycles. The molecule has 1 heterocycles. The number of rotatable bonds is 9. The SMILES string of the molecule is CCCNc1ccc(C(=O)NCCCOCC)nc1. The standard InChI is InChI=1S/C14H23N3O2/c1-3-8-15-12-6-7-13(17-11-12)14(18)16-9-5-10-19-4-2/h6-7,11,15H,3-5,8-10H2,1-2H3,(H,16,18). The number of anilines is 1. The van der Waals surface area contributed by atoms with Crippen molar-refractivity contribution in [3.8, 4) is 0 Å². The minimum atomic E-state index is -0.140. The molecule has 0 aliphatic heterocycles. The number of carbonyl (C=O) groups excluding carboxylic acids is 1. The van der Waals surface area contributed by atoms with Crippen LogP contribution in [0.15, 0.2) is 18.3 Å². The Hall–Kier alpha value is -1.62. The minimum absolute atomic E-state index is 0.140. The predicted molar refractivity (Wildman–Crippen MR) is 76.5 cm³/mol. The summed E-state index contributed by atoms with van der Waals surface area (Å²) in [4.78, 5) is 15.9. The zero-order valence-corrected chi connectivity index (χ0v) is 11.7. The van der Waals surface area contributed by atoms with Crippen molar-refractivity contribution in [2.24, 2.45) is 0 Å². The number of hydrogen-bond donors (Lipinski definition) is 2. The molecule has 0 unspecified atom stereocenters. The van der Waals surface area contributed by atoms with Crippen LogP contribution in [0.25, 0.3) is 0 Å². The number of nitrogens with zero attached hydrogens (tertiary/aromatic N) is 1. The Balaban J connectivity index is 2.32. The summed E-state index contributed by atoms with van der Waals surface area (Å²) in [5.74, 6) is -0.140. The van der Waals surface area contributed by atoms with Crippen LogP contribution >= 0.6 is 0 Å². The summed E-state index contributed by atoms with van der Waals surface area (Å²) in [5, 5.41) is 6.03. The van der Waals surface area contributed by atoms with Gasteiger partial charge in [0, 0.05) is 26.3 Å². The second-order valence-electron chi connectivity index (χ2n) is 4.17. The van der Waals surface area contributed by atoms with Crippen molar-refractivity contribution in [3.05, 3.63) is 24.0 Å². The van der Waals surface area contributed by atoms with Crippen LogP contribution in [-0.4, -0.2) is 37.2 Å². The highest BCUT2D eigenvalue weighted by Gasteiger charge is 2.05. The van der Waals surface area contributed by atoms with E-state index in [4.69, 9.17) is 4.74 Å². The van der Waals surface area contributed by atoms with Gasteiger partial charge in [-0.1, -0.05) is 6.92 Å². The second-order valence-corrected chi connectivity index (χ2v) is 4.17. The summed E-state index contributed by atoms with van der Waals surface area (Å²) in [7, 11) is 0. The first-order chi connectivity index (χ1) is 9.27. The Morgan fingerprint density at radius 1 is 1.32 bits per heavy atom. The number of aromatic nitrogens is 1. The Kier molecular flexibility index (Phi) is 7.58. The summed E-state index contributed by atoms with van der Waals surface area (Å²) in [6, 6.07) is 3.60. The third kappa shape index (κ3) is 6.20. The lowest BCUT2D eigenvalue weighted by molar-refractivity contribution is 0.0939. The maximum absolute atomic E-state index is 11.8. The zero-order valence-electron chi connectivity index (χ0n) is 11.7. The maximum Gasteiger partial charge on any atom is 0.269 e. The summed E-state index contributed by atoms with van der Waals surface area (Å²) in [6.07, 6.45) is 3.56. The zero-order chi connectivity index (χ0) is 13.9. The lowest BCUT2D eigenvalue weighted by Crippen LogP contribution is -2.26. The quantitative estimate of drug-likeness (QED) is 0.671. The highest BCUT2D eigenvalue weighted by atomic mass is 16.5. The van der Waals surface area contributed by atoms with Gasteiger partial charge in [-0.2, -0.15) is 0 Å². The molecule has 5 nitrogen and oxygen atoms in total. The maximum atomic E-state index is 11.8. The summed E-state index contributed by atoms with van der Waals surface area (Å²) in [6.45, 7) is 6.95. The van der Waals surface area contributed by atoms with Gasteiger partial charge >= 0.3 is 0 Å². The summed E-state index contributed by atoms with van der Waals surface area (Å²) >= 11 is 0. The molecule has 0 fully saturated rings. The Morgan fingerprint density at radius 3 is 2.79 bits per heavy atom. The van der Waals surface area contributed by atoms with E-state index in [0.29, 0.717) is 25.5 Å². The first-order valence-electron chi connectivity index (χ1n) is 6.83. The van der Waals surface area contributed by atoms with E-state index in [-0.39, 0.29) is 5.91 Å². The normalized spacial score (nSPS) is 10.2. The van der Waals surface area contributed by atoms with E-state index >= 15 is 0 Å². The van der Waals surface area contributed by atoms with E-state index < -0.39 is 0 Å². The van der Waals surface area contributed by atoms with E-state index in [2.05, 4.69) is 22.5 Å². The molecule has 0 radical (unpaired) electrons. The van der Waals surface area contributed by atoms with Crippen LogP contribution < -0.4 is 10.6 Å². The highest BCUT2D eigenvalue weighted by Crippen LogP contribution is 2.06. The van der Waals surface area contributed by atoms with E-state index in [0.717, 1.165) is 25.1 Å². The number of carbonyl (C=O) groups is 1. The van der Waals surface area contributed by atoms with Crippen LogP contribution in [0, 0.1) is 0 Å². The van der Waals surface area contributed by atoms with E-state index in [1.54, 1.807) is 12.3 Å². The molecule has 1 aromatic heterocycles. The van der Waals surface area contributed by atoms with Crippen molar-refractivity contribution in [3.63, 3.8) is 0 Å². The van der Waals surface area contributed by atoms with Crippen molar-refractivity contribution < 1.29 is 9.53 Å². The first-order valence-corrected chi connectivity index (χ1v) is 6.83. The topological polar surface area (TPSA) is 63.2 Å². The molecule has 0 aliphatic rings. The molecular formula is C14H23N3O2. The predicted octanol–water partition coefficient (Wildman–Crippen LogP) is 2.06. The van der Waals surface area contributed by atoms with Gasteiger partial charge in [0.25, 0.3) is 5.91 Å². The monoisotopic (exact) mass is 265 g/mol. The third-order valence-electron chi connectivity index (χ3n) is 2.53. The molecule has 0 aliphatic carbocycles. The van der Waals surface area contributed by atoms with Crippen LogP contribution in [0.4, 0.5) is 5.69 Å². The van der Waals surface area contributed by atoms with E-state index in [9.17, 15) is 4.79 Å². The van der Waals surface area contributed by atoms with Gasteiger partial charge < -0.3 is 15.4 Å². The van der Waals surface area contributed by atoms with E-state index in [1.165, 1.54) is 0 Å². The van der Waals surface area contributed by atoms with Crippen LogP contribution in [0.3, 0.4) is 0 Å². The second kappa shape index (κ2) is 9.33. The molecular weight excluding hydrogens is 242 g/mol. The molecule has 19 heavy (non-hydrogen) atoms. The van der Waals surface area contributed by atoms with Crippen molar-refractivity contribution >= 4 is 11.6 Å². The van der Waals surface area contributed by atoms with Crippen molar-refractivity contribution in [2.75, 3.05) is 31.6 Å². The Bertz CT molecular complexity index is 365. The van der Waals surface area contributed by atoms with Crippen LogP contribution in [0.1, 0.15) is 37.2 Å². The van der Waals surface area contributed by atoms with Gasteiger partial charge in [-0.05, 0) is 31.9 Å². The molecule has 0 atom stereocenters. The molecule has 0 bridgehead atoms. The molecule has 5 heteroatoms. The highest BCUT2D eigenvalue weighted by molar-refractivity contribution is 5.92. The number of nitrogens with one attached hydrogen (secondary N) is 2. The van der Waals surface area contributed by atoms with Gasteiger partial charge in [0.2, 0.25) is 0 Å². The average molecular weight is 265 g/mol. The summed E-state index contributed by atoms with van der Waals surface area (Å²) < 4.78 is 5.20. The lowest BCUT2D eigenvalue weighted by Gasteiger charge is -2.06. The van der Waals surface area contributed by atoms with Crippen molar-refractivity contribution in [1.82, 2.24) is 10.3 Å². The van der Waals surface area contributed by atoms with Gasteiger partial charge in [0.15, 0.2) is 0 Å². The van der Waals surface area contributed by atoms with E-state index in [1.807, 2.05) is 13.0 Å². The first kappa shape index (κ1) is 15.4.